The highest BCUT2D eigenvalue weighted by Gasteiger charge is 2.23. The molecule has 1 aliphatic heterocycles. The molecule has 0 saturated carbocycles. The summed E-state index contributed by atoms with van der Waals surface area (Å²) in [6.45, 7) is 2.02. The Hall–Kier alpha value is -3.19. The second kappa shape index (κ2) is 10.4. The number of hydrogen-bond donors (Lipinski definition) is 1. The minimum absolute atomic E-state index is 0.0324. The van der Waals surface area contributed by atoms with Gasteiger partial charge in [0.15, 0.2) is 0 Å². The number of imidazole rings is 1. The van der Waals surface area contributed by atoms with Crippen molar-refractivity contribution >= 4 is 22.8 Å². The summed E-state index contributed by atoms with van der Waals surface area (Å²) in [7, 11) is 1.83. The van der Waals surface area contributed by atoms with E-state index in [0.29, 0.717) is 26.1 Å². The number of carbonyl (C=O) groups excluding carboxylic acids is 2. The number of rotatable bonds is 9. The number of benzene rings is 2. The smallest absolute Gasteiger partial charge is 0.249 e. The molecule has 2 amide bonds. The molecule has 3 aromatic rings. The van der Waals surface area contributed by atoms with Crippen LogP contribution in [0.4, 0.5) is 0 Å². The van der Waals surface area contributed by atoms with Crippen molar-refractivity contribution in [2.24, 2.45) is 0 Å². The summed E-state index contributed by atoms with van der Waals surface area (Å²) in [5, 5.41) is 2.96. The average Bonchev–Trinajstić information content (AvgIpc) is 3.46. The molecule has 7 heteroatoms. The van der Waals surface area contributed by atoms with Gasteiger partial charge in [0.1, 0.15) is 18.5 Å². The van der Waals surface area contributed by atoms with Gasteiger partial charge in [-0.25, -0.2) is 4.98 Å². The molecular weight excluding hydrogens is 404 g/mol. The first-order valence-corrected chi connectivity index (χ1v) is 11.2. The number of aryl methyl sites for hydroxylation is 1. The molecule has 2 heterocycles. The van der Waals surface area contributed by atoms with Crippen molar-refractivity contribution in [1.82, 2.24) is 19.8 Å². The Labute approximate surface area is 188 Å². The summed E-state index contributed by atoms with van der Waals surface area (Å²) >= 11 is 0. The molecule has 1 atom stereocenters. The Morgan fingerprint density at radius 2 is 1.94 bits per heavy atom. The summed E-state index contributed by atoms with van der Waals surface area (Å²) < 4.78 is 7.43. The van der Waals surface area contributed by atoms with E-state index >= 15 is 0 Å². The van der Waals surface area contributed by atoms with Gasteiger partial charge in [0.25, 0.3) is 0 Å². The number of nitrogens with one attached hydrogen (secondary N) is 1. The predicted octanol–water partition coefficient (Wildman–Crippen LogP) is 2.92. The minimum Gasteiger partial charge on any atom is -0.368 e. The van der Waals surface area contributed by atoms with E-state index in [1.54, 1.807) is 4.90 Å². The van der Waals surface area contributed by atoms with Gasteiger partial charge in [0.05, 0.1) is 11.0 Å². The molecular formula is C25H30N4O3. The number of para-hydroxylation sites is 2. The number of fused-ring (bicyclic) bond motifs is 1. The molecule has 32 heavy (non-hydrogen) atoms. The van der Waals surface area contributed by atoms with E-state index in [1.807, 2.05) is 66.2 Å². The van der Waals surface area contributed by atoms with Gasteiger partial charge in [0.2, 0.25) is 11.8 Å². The van der Waals surface area contributed by atoms with Crippen LogP contribution in [0.25, 0.3) is 11.0 Å². The number of ether oxygens (including phenoxy) is 1. The number of amides is 2. The molecule has 168 valence electrons. The quantitative estimate of drug-likeness (QED) is 0.526. The molecule has 1 unspecified atom stereocenters. The third-order valence-electron chi connectivity index (χ3n) is 5.81. The SMILES string of the molecule is CN(Cc1ccccc1)C(=O)Cn1c(CCCNC(=O)C2CCCO2)nc2ccccc21. The fourth-order valence-electron chi connectivity index (χ4n) is 4.05. The zero-order chi connectivity index (χ0) is 22.3. The highest BCUT2D eigenvalue weighted by atomic mass is 16.5. The van der Waals surface area contributed by atoms with Crippen LogP contribution in [-0.4, -0.2) is 52.6 Å². The maximum Gasteiger partial charge on any atom is 0.249 e. The lowest BCUT2D eigenvalue weighted by Crippen LogP contribution is -2.35. The number of aromatic nitrogens is 2. The van der Waals surface area contributed by atoms with Crippen LogP contribution in [0.1, 0.15) is 30.7 Å². The lowest BCUT2D eigenvalue weighted by Gasteiger charge is -2.19. The Morgan fingerprint density at radius 3 is 2.72 bits per heavy atom. The van der Waals surface area contributed by atoms with E-state index in [9.17, 15) is 9.59 Å². The van der Waals surface area contributed by atoms with Gasteiger partial charge in [0, 0.05) is 33.2 Å². The van der Waals surface area contributed by atoms with Crippen LogP contribution in [0, 0.1) is 0 Å². The van der Waals surface area contributed by atoms with Crippen molar-refractivity contribution in [2.45, 2.75) is 44.9 Å². The highest BCUT2D eigenvalue weighted by Crippen LogP contribution is 2.18. The topological polar surface area (TPSA) is 76.5 Å². The molecule has 1 aromatic heterocycles. The van der Waals surface area contributed by atoms with Crippen molar-refractivity contribution in [2.75, 3.05) is 20.2 Å². The largest absolute Gasteiger partial charge is 0.368 e. The van der Waals surface area contributed by atoms with Crippen LogP contribution in [0.3, 0.4) is 0 Å². The predicted molar refractivity (Wildman–Crippen MR) is 123 cm³/mol. The van der Waals surface area contributed by atoms with Gasteiger partial charge >= 0.3 is 0 Å². The van der Waals surface area contributed by atoms with Gasteiger partial charge < -0.3 is 19.5 Å². The van der Waals surface area contributed by atoms with Gasteiger partial charge in [-0.1, -0.05) is 42.5 Å². The maximum atomic E-state index is 13.0. The van der Waals surface area contributed by atoms with Crippen molar-refractivity contribution < 1.29 is 14.3 Å². The third kappa shape index (κ3) is 5.34. The molecule has 1 aliphatic rings. The molecule has 7 nitrogen and oxygen atoms in total. The Balaban J connectivity index is 1.39. The molecule has 0 radical (unpaired) electrons. The van der Waals surface area contributed by atoms with Crippen LogP contribution in [-0.2, 0) is 33.8 Å². The number of hydrogen-bond acceptors (Lipinski definition) is 4. The summed E-state index contributed by atoms with van der Waals surface area (Å²) in [5.74, 6) is 0.859. The zero-order valence-electron chi connectivity index (χ0n) is 18.5. The second-order valence-electron chi connectivity index (χ2n) is 8.23. The molecule has 1 saturated heterocycles. The molecule has 0 aliphatic carbocycles. The van der Waals surface area contributed by atoms with Crippen molar-refractivity contribution in [1.29, 1.82) is 0 Å². The van der Waals surface area contributed by atoms with E-state index in [0.717, 1.165) is 41.7 Å². The lowest BCUT2D eigenvalue weighted by molar-refractivity contribution is -0.131. The summed E-state index contributed by atoms with van der Waals surface area (Å²) in [6, 6.07) is 17.8. The van der Waals surface area contributed by atoms with Gasteiger partial charge in [-0.05, 0) is 37.0 Å². The Kier molecular flexibility index (Phi) is 7.17. The summed E-state index contributed by atoms with van der Waals surface area (Å²) in [4.78, 5) is 31.6. The van der Waals surface area contributed by atoms with E-state index in [1.165, 1.54) is 0 Å². The molecule has 0 bridgehead atoms. The Morgan fingerprint density at radius 1 is 1.16 bits per heavy atom. The average molecular weight is 435 g/mol. The second-order valence-corrected chi connectivity index (χ2v) is 8.23. The molecule has 2 aromatic carbocycles. The van der Waals surface area contributed by atoms with Crippen LogP contribution >= 0.6 is 0 Å². The first-order chi connectivity index (χ1) is 15.6. The lowest BCUT2D eigenvalue weighted by atomic mass is 10.2. The highest BCUT2D eigenvalue weighted by molar-refractivity contribution is 5.81. The van der Waals surface area contributed by atoms with Crippen LogP contribution < -0.4 is 5.32 Å². The van der Waals surface area contributed by atoms with Crippen LogP contribution in [0.2, 0.25) is 0 Å². The van der Waals surface area contributed by atoms with Crippen LogP contribution in [0.5, 0.6) is 0 Å². The Bertz CT molecular complexity index is 1060. The zero-order valence-corrected chi connectivity index (χ0v) is 18.5. The summed E-state index contributed by atoms with van der Waals surface area (Å²) in [6.07, 6.45) is 2.85. The van der Waals surface area contributed by atoms with E-state index in [4.69, 9.17) is 9.72 Å². The van der Waals surface area contributed by atoms with Crippen molar-refractivity contribution in [3.05, 3.63) is 66.0 Å². The van der Waals surface area contributed by atoms with Crippen molar-refractivity contribution in [3.63, 3.8) is 0 Å². The van der Waals surface area contributed by atoms with E-state index in [2.05, 4.69) is 5.32 Å². The molecule has 4 rings (SSSR count). The minimum atomic E-state index is -0.308. The first-order valence-electron chi connectivity index (χ1n) is 11.2. The number of carbonyl (C=O) groups is 2. The monoisotopic (exact) mass is 434 g/mol. The fraction of sp³-hybridized carbons (Fsp3) is 0.400. The molecule has 1 N–H and O–H groups in total. The maximum absolute atomic E-state index is 13.0. The first kappa shape index (κ1) is 22.0. The van der Waals surface area contributed by atoms with Crippen LogP contribution in [0.15, 0.2) is 54.6 Å². The van der Waals surface area contributed by atoms with Gasteiger partial charge in [-0.2, -0.15) is 0 Å². The standard InChI is InChI=1S/C25H30N4O3/c1-28(17-19-9-3-2-4-10-19)24(30)18-29-21-12-6-5-11-20(21)27-23(29)14-7-15-26-25(31)22-13-8-16-32-22/h2-6,9-12,22H,7-8,13-18H2,1H3,(H,26,31). The van der Waals surface area contributed by atoms with E-state index < -0.39 is 0 Å². The molecule has 1 fully saturated rings. The fourth-order valence-corrected chi connectivity index (χ4v) is 4.05. The van der Waals surface area contributed by atoms with Crippen molar-refractivity contribution in [3.8, 4) is 0 Å². The number of likely N-dealkylation sites (N-methyl/N-ethyl adjacent to an activating group) is 1. The van der Waals surface area contributed by atoms with Gasteiger partial charge in [-0.3, -0.25) is 9.59 Å². The van der Waals surface area contributed by atoms with Gasteiger partial charge in [-0.15, -0.1) is 0 Å². The summed E-state index contributed by atoms with van der Waals surface area (Å²) in [5.41, 5.74) is 2.93. The third-order valence-corrected chi connectivity index (χ3v) is 5.81. The van der Waals surface area contributed by atoms with E-state index in [-0.39, 0.29) is 24.5 Å². The molecule has 0 spiro atoms. The normalized spacial score (nSPS) is 15.7. The number of nitrogens with zero attached hydrogens (tertiary/aromatic N) is 3.